The van der Waals surface area contributed by atoms with Crippen LogP contribution in [-0.2, 0) is 0 Å². The van der Waals surface area contributed by atoms with Gasteiger partial charge < -0.3 is 15.5 Å². The molecule has 0 aromatic heterocycles. The highest BCUT2D eigenvalue weighted by Gasteiger charge is 2.15. The number of benzene rings is 2. The molecule has 0 fully saturated rings. The summed E-state index contributed by atoms with van der Waals surface area (Å²) in [7, 11) is 0. The third-order valence-electron chi connectivity index (χ3n) is 3.36. The smallest absolute Gasteiger partial charge is 0.258 e. The SMILES string of the molecule is CCNC(=S)Nc1ccc(C(=O)N(CC)c2ccccc2)cc1. The van der Waals surface area contributed by atoms with E-state index in [2.05, 4.69) is 10.6 Å². The first kappa shape index (κ1) is 17.0. The monoisotopic (exact) mass is 327 g/mol. The summed E-state index contributed by atoms with van der Waals surface area (Å²) in [5, 5.41) is 6.68. The van der Waals surface area contributed by atoms with Crippen molar-refractivity contribution in [2.24, 2.45) is 0 Å². The summed E-state index contributed by atoms with van der Waals surface area (Å²) in [4.78, 5) is 14.4. The van der Waals surface area contributed by atoms with Gasteiger partial charge in [0.15, 0.2) is 5.11 Å². The number of nitrogens with zero attached hydrogens (tertiary/aromatic N) is 1. The highest BCUT2D eigenvalue weighted by molar-refractivity contribution is 7.80. The van der Waals surface area contributed by atoms with E-state index < -0.39 is 0 Å². The molecule has 2 N–H and O–H groups in total. The summed E-state index contributed by atoms with van der Waals surface area (Å²) in [6.07, 6.45) is 0. The van der Waals surface area contributed by atoms with Gasteiger partial charge in [0, 0.05) is 30.0 Å². The van der Waals surface area contributed by atoms with Crippen LogP contribution in [-0.4, -0.2) is 24.1 Å². The third-order valence-corrected chi connectivity index (χ3v) is 3.60. The molecule has 120 valence electrons. The fraction of sp³-hybridized carbons (Fsp3) is 0.222. The molecule has 4 nitrogen and oxygen atoms in total. The van der Waals surface area contributed by atoms with Crippen molar-refractivity contribution in [3.63, 3.8) is 0 Å². The van der Waals surface area contributed by atoms with E-state index in [0.717, 1.165) is 17.9 Å². The second-order valence-corrected chi connectivity index (χ2v) is 5.36. The number of anilines is 2. The van der Waals surface area contributed by atoms with Crippen LogP contribution in [0.5, 0.6) is 0 Å². The lowest BCUT2D eigenvalue weighted by Gasteiger charge is -2.21. The quantitative estimate of drug-likeness (QED) is 0.823. The average molecular weight is 327 g/mol. The van der Waals surface area contributed by atoms with Crippen molar-refractivity contribution in [1.82, 2.24) is 5.32 Å². The maximum atomic E-state index is 12.7. The molecule has 5 heteroatoms. The Kier molecular flexibility index (Phi) is 6.11. The Morgan fingerprint density at radius 1 is 1.04 bits per heavy atom. The van der Waals surface area contributed by atoms with Crippen molar-refractivity contribution >= 4 is 34.6 Å². The van der Waals surface area contributed by atoms with Crippen molar-refractivity contribution < 1.29 is 4.79 Å². The van der Waals surface area contributed by atoms with Gasteiger partial charge in [-0.05, 0) is 62.5 Å². The Labute approximate surface area is 142 Å². The normalized spacial score (nSPS) is 10.0. The lowest BCUT2D eigenvalue weighted by molar-refractivity contribution is 0.0988. The van der Waals surface area contributed by atoms with Gasteiger partial charge in [-0.15, -0.1) is 0 Å². The molecule has 1 amide bonds. The number of carbonyl (C=O) groups excluding carboxylic acids is 1. The minimum Gasteiger partial charge on any atom is -0.363 e. The zero-order valence-electron chi connectivity index (χ0n) is 13.4. The molecule has 23 heavy (non-hydrogen) atoms. The molecule has 0 spiro atoms. The summed E-state index contributed by atoms with van der Waals surface area (Å²) >= 11 is 5.15. The topological polar surface area (TPSA) is 44.4 Å². The first-order chi connectivity index (χ1) is 11.2. The second-order valence-electron chi connectivity index (χ2n) is 4.95. The number of hydrogen-bond donors (Lipinski definition) is 2. The summed E-state index contributed by atoms with van der Waals surface area (Å²) in [6, 6.07) is 17.0. The van der Waals surface area contributed by atoms with Crippen LogP contribution in [0.25, 0.3) is 0 Å². The third kappa shape index (κ3) is 4.53. The van der Waals surface area contributed by atoms with E-state index in [1.54, 1.807) is 4.90 Å². The predicted molar refractivity (Wildman–Crippen MR) is 100 cm³/mol. The Morgan fingerprint density at radius 3 is 2.26 bits per heavy atom. The van der Waals surface area contributed by atoms with Gasteiger partial charge in [0.1, 0.15) is 0 Å². The molecule has 0 radical (unpaired) electrons. The largest absolute Gasteiger partial charge is 0.363 e. The Balaban J connectivity index is 2.11. The van der Waals surface area contributed by atoms with Gasteiger partial charge in [-0.25, -0.2) is 0 Å². The van der Waals surface area contributed by atoms with Crippen LogP contribution in [0.3, 0.4) is 0 Å². The van der Waals surface area contributed by atoms with Crippen molar-refractivity contribution in [2.75, 3.05) is 23.3 Å². The van der Waals surface area contributed by atoms with E-state index in [0.29, 0.717) is 17.2 Å². The molecule has 0 aliphatic rings. The highest BCUT2D eigenvalue weighted by Crippen LogP contribution is 2.18. The van der Waals surface area contributed by atoms with Gasteiger partial charge in [-0.1, -0.05) is 18.2 Å². The Bertz CT molecular complexity index is 656. The second kappa shape index (κ2) is 8.29. The maximum Gasteiger partial charge on any atom is 0.258 e. The van der Waals surface area contributed by atoms with Crippen LogP contribution in [0, 0.1) is 0 Å². The van der Waals surface area contributed by atoms with Gasteiger partial charge in [0.2, 0.25) is 0 Å². The van der Waals surface area contributed by atoms with Crippen LogP contribution < -0.4 is 15.5 Å². The van der Waals surface area contributed by atoms with E-state index in [1.165, 1.54) is 0 Å². The maximum absolute atomic E-state index is 12.7. The van der Waals surface area contributed by atoms with E-state index in [4.69, 9.17) is 12.2 Å². The van der Waals surface area contributed by atoms with Crippen LogP contribution in [0.4, 0.5) is 11.4 Å². The van der Waals surface area contributed by atoms with Crippen LogP contribution in [0.15, 0.2) is 54.6 Å². The number of thiocarbonyl (C=S) groups is 1. The first-order valence-corrected chi connectivity index (χ1v) is 8.08. The number of nitrogens with one attached hydrogen (secondary N) is 2. The van der Waals surface area contributed by atoms with Crippen LogP contribution >= 0.6 is 12.2 Å². The molecule has 0 bridgehead atoms. The number of rotatable bonds is 5. The van der Waals surface area contributed by atoms with Crippen LogP contribution in [0.1, 0.15) is 24.2 Å². The predicted octanol–water partition coefficient (Wildman–Crippen LogP) is 3.66. The Morgan fingerprint density at radius 2 is 1.70 bits per heavy atom. The van der Waals surface area contributed by atoms with Gasteiger partial charge in [0.25, 0.3) is 5.91 Å². The van der Waals surface area contributed by atoms with Gasteiger partial charge in [-0.2, -0.15) is 0 Å². The number of para-hydroxylation sites is 1. The molecule has 2 rings (SSSR count). The van der Waals surface area contributed by atoms with Gasteiger partial charge >= 0.3 is 0 Å². The zero-order chi connectivity index (χ0) is 16.7. The molecular formula is C18H21N3OS. The molecule has 0 saturated carbocycles. The molecule has 0 unspecified atom stereocenters. The van der Waals surface area contributed by atoms with E-state index in [-0.39, 0.29) is 5.91 Å². The van der Waals surface area contributed by atoms with Crippen LogP contribution in [0.2, 0.25) is 0 Å². The lowest BCUT2D eigenvalue weighted by atomic mass is 10.1. The number of carbonyl (C=O) groups is 1. The summed E-state index contributed by atoms with van der Waals surface area (Å²) < 4.78 is 0. The minimum absolute atomic E-state index is 0.0143. The molecule has 2 aromatic rings. The van der Waals surface area contributed by atoms with Crippen molar-refractivity contribution in [1.29, 1.82) is 0 Å². The molecule has 0 aliphatic carbocycles. The zero-order valence-corrected chi connectivity index (χ0v) is 14.2. The molecule has 0 saturated heterocycles. The summed E-state index contributed by atoms with van der Waals surface area (Å²) in [6.45, 7) is 5.34. The van der Waals surface area contributed by atoms with Crippen molar-refractivity contribution in [3.8, 4) is 0 Å². The molecule has 2 aromatic carbocycles. The average Bonchev–Trinajstić information content (AvgIpc) is 2.57. The Hall–Kier alpha value is -2.40. The molecular weight excluding hydrogens is 306 g/mol. The highest BCUT2D eigenvalue weighted by atomic mass is 32.1. The molecule has 0 aliphatic heterocycles. The number of hydrogen-bond acceptors (Lipinski definition) is 2. The molecule has 0 heterocycles. The van der Waals surface area contributed by atoms with E-state index in [9.17, 15) is 4.79 Å². The van der Waals surface area contributed by atoms with Gasteiger partial charge in [-0.3, -0.25) is 4.79 Å². The molecule has 0 atom stereocenters. The minimum atomic E-state index is -0.0143. The fourth-order valence-electron chi connectivity index (χ4n) is 2.24. The van der Waals surface area contributed by atoms with E-state index >= 15 is 0 Å². The van der Waals surface area contributed by atoms with Crippen molar-refractivity contribution in [3.05, 3.63) is 60.2 Å². The fourth-order valence-corrected chi connectivity index (χ4v) is 2.50. The van der Waals surface area contributed by atoms with Crippen molar-refractivity contribution in [2.45, 2.75) is 13.8 Å². The first-order valence-electron chi connectivity index (χ1n) is 7.67. The summed E-state index contributed by atoms with van der Waals surface area (Å²) in [5.74, 6) is -0.0143. The lowest BCUT2D eigenvalue weighted by Crippen LogP contribution is -2.30. The standard InChI is InChI=1S/C18H21N3OS/c1-3-19-18(23)20-15-12-10-14(11-13-15)17(22)21(4-2)16-8-6-5-7-9-16/h5-13H,3-4H2,1-2H3,(H2,19,20,23). The van der Waals surface area contributed by atoms with Gasteiger partial charge in [0.05, 0.1) is 0 Å². The summed E-state index contributed by atoms with van der Waals surface area (Å²) in [5.41, 5.74) is 2.40. The van der Waals surface area contributed by atoms with E-state index in [1.807, 2.05) is 68.4 Å². The number of amides is 1.